The molecule has 0 aliphatic rings. The molecule has 1 aromatic carbocycles. The Kier molecular flexibility index (Phi) is 6.69. The number of carbonyl (C=O) groups is 1. The largest absolute Gasteiger partial charge is 0.299 e. The molecule has 0 heterocycles. The number of alkyl halides is 1. The van der Waals surface area contributed by atoms with Gasteiger partial charge in [-0.05, 0) is 36.1 Å². The molecule has 0 saturated heterocycles. The molecule has 0 fully saturated rings. The van der Waals surface area contributed by atoms with Crippen LogP contribution >= 0.6 is 38.5 Å². The van der Waals surface area contributed by atoms with E-state index in [1.165, 1.54) is 5.56 Å². The van der Waals surface area contributed by atoms with Crippen LogP contribution in [0.3, 0.4) is 0 Å². The second kappa shape index (κ2) is 7.26. The van der Waals surface area contributed by atoms with Gasteiger partial charge in [0.25, 0.3) is 0 Å². The van der Waals surface area contributed by atoms with E-state index in [4.69, 9.17) is 0 Å². The van der Waals surface area contributed by atoms with Crippen LogP contribution in [0.2, 0.25) is 23.7 Å². The molecule has 0 aliphatic heterocycles. The molecule has 0 saturated carbocycles. The number of rotatable bonds is 5. The molecule has 0 unspecified atom stereocenters. The summed E-state index contributed by atoms with van der Waals surface area (Å²) >= 11 is 5.74. The fourth-order valence-electron chi connectivity index (χ4n) is 2.37. The highest BCUT2D eigenvalue weighted by Gasteiger charge is 2.45. The van der Waals surface area contributed by atoms with Crippen molar-refractivity contribution in [3.63, 3.8) is 0 Å². The van der Waals surface area contributed by atoms with Crippen LogP contribution in [-0.4, -0.2) is 17.8 Å². The molecule has 4 heteroatoms. The Labute approximate surface area is 152 Å². The van der Waals surface area contributed by atoms with Crippen LogP contribution < -0.4 is 0 Å². The first-order valence-electron chi connectivity index (χ1n) is 7.39. The summed E-state index contributed by atoms with van der Waals surface area (Å²) in [5.74, 6) is 0.421. The van der Waals surface area contributed by atoms with Crippen molar-refractivity contribution in [1.29, 1.82) is 0 Å². The van der Waals surface area contributed by atoms with Crippen molar-refractivity contribution in [1.82, 2.24) is 0 Å². The van der Waals surface area contributed by atoms with Gasteiger partial charge in [-0.3, -0.25) is 4.79 Å². The van der Waals surface area contributed by atoms with Crippen molar-refractivity contribution >= 4 is 52.4 Å². The lowest BCUT2D eigenvalue weighted by atomic mass is 10.1. The van der Waals surface area contributed by atoms with Gasteiger partial charge in [-0.15, -0.1) is 0 Å². The van der Waals surface area contributed by atoms with Gasteiger partial charge in [-0.1, -0.05) is 84.5 Å². The van der Waals surface area contributed by atoms with Gasteiger partial charge in [0.1, 0.15) is 5.78 Å². The van der Waals surface area contributed by atoms with E-state index in [0.29, 0.717) is 5.78 Å². The molecule has 0 aliphatic carbocycles. The van der Waals surface area contributed by atoms with E-state index >= 15 is 0 Å². The van der Waals surface area contributed by atoms with E-state index < -0.39 is 8.07 Å². The fraction of sp³-hybridized carbons (Fsp3) is 0.588. The lowest BCUT2D eigenvalue weighted by Crippen LogP contribution is -2.47. The average molecular weight is 481 g/mol. The van der Waals surface area contributed by atoms with Gasteiger partial charge in [-0.2, -0.15) is 0 Å². The second-order valence-electron chi connectivity index (χ2n) is 7.37. The van der Waals surface area contributed by atoms with Gasteiger partial charge >= 0.3 is 0 Å². The second-order valence-corrected chi connectivity index (χ2v) is 15.8. The van der Waals surface area contributed by atoms with Gasteiger partial charge in [0.15, 0.2) is 0 Å². The average Bonchev–Trinajstić information content (AvgIpc) is 2.35. The summed E-state index contributed by atoms with van der Waals surface area (Å²) in [5, 5.41) is 0.216. The van der Waals surface area contributed by atoms with Gasteiger partial charge in [-0.25, -0.2) is 0 Å². The molecule has 1 nitrogen and oxygen atoms in total. The van der Waals surface area contributed by atoms with Crippen LogP contribution in [0.25, 0.3) is 0 Å². The first kappa shape index (κ1) is 19.4. The van der Waals surface area contributed by atoms with Crippen molar-refractivity contribution in [3.05, 3.63) is 34.3 Å². The van der Waals surface area contributed by atoms with Crippen LogP contribution in [0, 0.1) is 0 Å². The Balaban J connectivity index is 3.15. The maximum Gasteiger partial charge on any atom is 0.146 e. The number of Topliss-reactive ketones (excluding diaryl/α,β-unsaturated/α-hetero) is 1. The van der Waals surface area contributed by atoms with Crippen LogP contribution in [0.1, 0.15) is 33.3 Å². The Morgan fingerprint density at radius 3 is 2.10 bits per heavy atom. The van der Waals surface area contributed by atoms with Gasteiger partial charge < -0.3 is 0 Å². The minimum atomic E-state index is -1.72. The number of benzene rings is 1. The van der Waals surface area contributed by atoms with E-state index in [2.05, 4.69) is 96.7 Å². The molecule has 0 N–H and O–H groups in total. The molecule has 118 valence electrons. The van der Waals surface area contributed by atoms with Crippen LogP contribution in [0.4, 0.5) is 0 Å². The van der Waals surface area contributed by atoms with E-state index in [1.54, 1.807) is 0 Å². The zero-order valence-electron chi connectivity index (χ0n) is 13.8. The molecule has 0 bridgehead atoms. The van der Waals surface area contributed by atoms with Crippen molar-refractivity contribution in [2.45, 2.75) is 61.7 Å². The summed E-state index contributed by atoms with van der Waals surface area (Å²) in [6.45, 7) is 13.6. The predicted molar refractivity (Wildman–Crippen MR) is 107 cm³/mol. The zero-order chi connectivity index (χ0) is 16.4. The normalized spacial score (nSPS) is 15.6. The first-order chi connectivity index (χ1) is 9.46. The summed E-state index contributed by atoms with van der Waals surface area (Å²) < 4.78 is 1.17. The molecular weight excluding hydrogens is 455 g/mol. The lowest BCUT2D eigenvalue weighted by molar-refractivity contribution is -0.118. The fourth-order valence-corrected chi connectivity index (χ4v) is 6.16. The molecule has 1 aromatic rings. The summed E-state index contributed by atoms with van der Waals surface area (Å²) in [5.41, 5.74) is 1.43. The molecule has 0 amide bonds. The minimum absolute atomic E-state index is 0.0807. The number of carbonyl (C=O) groups excluding carboxylic acids is 1. The smallest absolute Gasteiger partial charge is 0.146 e. The first-order valence-corrected chi connectivity index (χ1v) is 12.5. The van der Waals surface area contributed by atoms with E-state index in [-0.39, 0.29) is 14.5 Å². The van der Waals surface area contributed by atoms with Crippen LogP contribution in [0.15, 0.2) is 28.7 Å². The summed E-state index contributed by atoms with van der Waals surface area (Å²) in [6, 6.07) is 8.40. The summed E-state index contributed by atoms with van der Waals surface area (Å²) in [7, 11) is -1.72. The monoisotopic (exact) mass is 480 g/mol. The molecule has 0 radical (unpaired) electrons. The van der Waals surface area contributed by atoms with Crippen molar-refractivity contribution in [2.75, 3.05) is 0 Å². The van der Waals surface area contributed by atoms with Crippen LogP contribution in [0.5, 0.6) is 0 Å². The molecular formula is C17H26BrIOSi. The van der Waals surface area contributed by atoms with Crippen molar-refractivity contribution in [3.8, 4) is 0 Å². The Hall–Kier alpha value is 0.317. The summed E-state index contributed by atoms with van der Waals surface area (Å²) in [4.78, 5) is 12.8. The SMILES string of the molecule is C[C@@H](I)C(=O)[C@@H](Cc1ccc(Br)cc1)[Si](C)(C)C(C)(C)C. The highest BCUT2D eigenvalue weighted by atomic mass is 127. The number of hydrogen-bond donors (Lipinski definition) is 0. The van der Waals surface area contributed by atoms with Gasteiger partial charge in [0, 0.05) is 10.0 Å². The van der Waals surface area contributed by atoms with Gasteiger partial charge in [0.2, 0.25) is 0 Å². The third-order valence-electron chi connectivity index (χ3n) is 4.89. The standard InChI is InChI=1S/C17H26BrIOSi/c1-12(19)16(20)15(21(5,6)17(2,3)4)11-13-7-9-14(18)10-8-13/h7-10,12,15H,11H2,1-6H3/t12-,15-/m1/s1. The Bertz CT molecular complexity index is 489. The molecule has 0 aromatic heterocycles. The minimum Gasteiger partial charge on any atom is -0.299 e. The molecule has 0 spiro atoms. The van der Waals surface area contributed by atoms with E-state index in [0.717, 1.165) is 10.9 Å². The van der Waals surface area contributed by atoms with Crippen molar-refractivity contribution < 1.29 is 4.79 Å². The highest BCUT2D eigenvalue weighted by molar-refractivity contribution is 14.1. The lowest BCUT2D eigenvalue weighted by Gasteiger charge is -2.43. The van der Waals surface area contributed by atoms with E-state index in [1.807, 2.05) is 6.92 Å². The number of ketones is 1. The molecule has 2 atom stereocenters. The maximum atomic E-state index is 12.8. The summed E-state index contributed by atoms with van der Waals surface area (Å²) in [6.07, 6.45) is 0.871. The molecule has 21 heavy (non-hydrogen) atoms. The van der Waals surface area contributed by atoms with E-state index in [9.17, 15) is 4.79 Å². The number of halogens is 2. The highest BCUT2D eigenvalue weighted by Crippen LogP contribution is 2.46. The third-order valence-corrected chi connectivity index (χ3v) is 12.1. The predicted octanol–water partition coefficient (Wildman–Crippen LogP) is 6.26. The van der Waals surface area contributed by atoms with Crippen molar-refractivity contribution in [2.24, 2.45) is 0 Å². The molecule has 1 rings (SSSR count). The van der Waals surface area contributed by atoms with Crippen LogP contribution in [-0.2, 0) is 11.2 Å². The number of hydrogen-bond acceptors (Lipinski definition) is 1. The quantitative estimate of drug-likeness (QED) is 0.276. The van der Waals surface area contributed by atoms with Gasteiger partial charge in [0.05, 0.1) is 12.0 Å². The maximum absolute atomic E-state index is 12.8. The topological polar surface area (TPSA) is 17.1 Å². The Morgan fingerprint density at radius 1 is 1.24 bits per heavy atom. The zero-order valence-corrected chi connectivity index (χ0v) is 18.6. The Morgan fingerprint density at radius 2 is 1.71 bits per heavy atom. The third kappa shape index (κ3) is 4.89.